The Morgan fingerprint density at radius 1 is 1.24 bits per heavy atom. The van der Waals surface area contributed by atoms with E-state index in [1.165, 1.54) is 11.9 Å². The highest BCUT2D eigenvalue weighted by Crippen LogP contribution is 2.16. The van der Waals surface area contributed by atoms with Crippen molar-refractivity contribution in [3.63, 3.8) is 0 Å². The molecule has 0 radical (unpaired) electrons. The third-order valence-corrected chi connectivity index (χ3v) is 3.97. The molecule has 2 aromatic rings. The second kappa shape index (κ2) is 6.84. The minimum Gasteiger partial charge on any atom is -0.383 e. The first-order valence-electron chi connectivity index (χ1n) is 7.77. The molecule has 3 N–H and O–H groups in total. The van der Waals surface area contributed by atoms with Crippen LogP contribution >= 0.6 is 0 Å². The molecule has 134 valence electrons. The number of rotatable bonds is 4. The molecule has 0 spiro atoms. The van der Waals surface area contributed by atoms with Crippen LogP contribution in [0.2, 0.25) is 0 Å². The molecule has 1 amide bonds. The first-order valence-corrected chi connectivity index (χ1v) is 7.77. The number of nitrogens with one attached hydrogen (secondary N) is 1. The second-order valence-corrected chi connectivity index (χ2v) is 6.23. The van der Waals surface area contributed by atoms with Crippen molar-refractivity contribution >= 4 is 23.1 Å². The monoisotopic (exact) mass is 345 g/mol. The van der Waals surface area contributed by atoms with Gasteiger partial charge in [0.05, 0.1) is 0 Å². The van der Waals surface area contributed by atoms with E-state index in [1.807, 2.05) is 26.0 Å². The number of nitrogens with zero attached hydrogens (tertiary/aromatic N) is 3. The first kappa shape index (κ1) is 18.3. The maximum atomic E-state index is 12.6. The number of carbonyl (C=O) groups is 1. The number of hydrogen-bond acceptors (Lipinski definition) is 5. The molecule has 8 heteroatoms. The lowest BCUT2D eigenvalue weighted by Gasteiger charge is -2.18. The van der Waals surface area contributed by atoms with Crippen LogP contribution in [0.5, 0.6) is 0 Å². The fraction of sp³-hybridized carbons (Fsp3) is 0.353. The highest BCUT2D eigenvalue weighted by molar-refractivity contribution is 5.91. The van der Waals surface area contributed by atoms with Crippen LogP contribution < -0.4 is 27.2 Å². The van der Waals surface area contributed by atoms with Gasteiger partial charge >= 0.3 is 5.69 Å². The molecule has 0 aliphatic heterocycles. The van der Waals surface area contributed by atoms with E-state index < -0.39 is 17.2 Å². The Labute approximate surface area is 145 Å². The molecule has 0 atom stereocenters. The number of nitrogens with two attached hydrogens (primary N) is 1. The number of benzene rings is 1. The number of aromatic nitrogens is 2. The van der Waals surface area contributed by atoms with Gasteiger partial charge in [-0.1, -0.05) is 17.7 Å². The van der Waals surface area contributed by atoms with Crippen LogP contribution in [0.25, 0.3) is 0 Å². The van der Waals surface area contributed by atoms with Crippen LogP contribution in [0.1, 0.15) is 11.1 Å². The van der Waals surface area contributed by atoms with Crippen LogP contribution in [0, 0.1) is 13.8 Å². The Balaban J connectivity index is 2.38. The number of anilines is 3. The van der Waals surface area contributed by atoms with Gasteiger partial charge in [-0.15, -0.1) is 0 Å². The number of carbonyl (C=O) groups excluding carboxylic acids is 1. The summed E-state index contributed by atoms with van der Waals surface area (Å²) in [5.41, 5.74) is 7.41. The van der Waals surface area contributed by atoms with Gasteiger partial charge in [0.2, 0.25) is 5.91 Å². The molecule has 0 bridgehead atoms. The lowest BCUT2D eigenvalue weighted by molar-refractivity contribution is -0.116. The van der Waals surface area contributed by atoms with Crippen LogP contribution in [0.3, 0.4) is 0 Å². The maximum absolute atomic E-state index is 12.6. The molecule has 1 heterocycles. The van der Waals surface area contributed by atoms with Crippen molar-refractivity contribution in [3.8, 4) is 0 Å². The Bertz CT molecular complexity index is 941. The zero-order chi connectivity index (χ0) is 18.9. The van der Waals surface area contributed by atoms with E-state index in [9.17, 15) is 14.4 Å². The minimum atomic E-state index is -0.635. The predicted molar refractivity (Wildman–Crippen MR) is 99.2 cm³/mol. The lowest BCUT2D eigenvalue weighted by Crippen LogP contribution is -2.44. The largest absolute Gasteiger partial charge is 0.383 e. The summed E-state index contributed by atoms with van der Waals surface area (Å²) >= 11 is 0. The van der Waals surface area contributed by atoms with E-state index in [0.29, 0.717) is 5.69 Å². The van der Waals surface area contributed by atoms with Gasteiger partial charge in [-0.05, 0) is 25.5 Å². The summed E-state index contributed by atoms with van der Waals surface area (Å²) in [6.07, 6.45) is 0. The molecule has 8 nitrogen and oxygen atoms in total. The fourth-order valence-electron chi connectivity index (χ4n) is 2.61. The van der Waals surface area contributed by atoms with Crippen molar-refractivity contribution in [1.29, 1.82) is 0 Å². The SMILES string of the molecule is Cc1ccc(NC(=O)Cn2c(=O)c(N(C)C)c(N)n(C)c2=O)c(C)c1. The third kappa shape index (κ3) is 3.57. The van der Waals surface area contributed by atoms with Crippen molar-refractivity contribution in [3.05, 3.63) is 50.2 Å². The van der Waals surface area contributed by atoms with E-state index in [2.05, 4.69) is 5.32 Å². The molecule has 25 heavy (non-hydrogen) atoms. The van der Waals surface area contributed by atoms with Gasteiger partial charge in [0.1, 0.15) is 18.1 Å². The Kier molecular flexibility index (Phi) is 5.01. The molecule has 0 aliphatic carbocycles. The number of amides is 1. The summed E-state index contributed by atoms with van der Waals surface area (Å²) in [6.45, 7) is 3.44. The smallest absolute Gasteiger partial charge is 0.332 e. The number of aryl methyl sites for hydroxylation is 2. The molecular weight excluding hydrogens is 322 g/mol. The summed E-state index contributed by atoms with van der Waals surface area (Å²) < 4.78 is 2.03. The van der Waals surface area contributed by atoms with Crippen molar-refractivity contribution < 1.29 is 4.79 Å². The van der Waals surface area contributed by atoms with E-state index in [4.69, 9.17) is 5.73 Å². The molecular formula is C17H23N5O3. The third-order valence-electron chi connectivity index (χ3n) is 3.97. The topological polar surface area (TPSA) is 102 Å². The fourth-order valence-corrected chi connectivity index (χ4v) is 2.61. The first-order chi connectivity index (χ1) is 11.6. The van der Waals surface area contributed by atoms with Gasteiger partial charge in [-0.3, -0.25) is 14.2 Å². The maximum Gasteiger partial charge on any atom is 0.332 e. The summed E-state index contributed by atoms with van der Waals surface area (Å²) in [4.78, 5) is 38.7. The van der Waals surface area contributed by atoms with Gasteiger partial charge in [0.15, 0.2) is 0 Å². The highest BCUT2D eigenvalue weighted by atomic mass is 16.2. The van der Waals surface area contributed by atoms with Gasteiger partial charge in [-0.2, -0.15) is 0 Å². The summed E-state index contributed by atoms with van der Waals surface area (Å²) in [5, 5.41) is 2.73. The molecule has 1 aromatic carbocycles. The molecule has 0 saturated carbocycles. The van der Waals surface area contributed by atoms with E-state index >= 15 is 0 Å². The Morgan fingerprint density at radius 3 is 2.44 bits per heavy atom. The zero-order valence-corrected chi connectivity index (χ0v) is 15.1. The van der Waals surface area contributed by atoms with Crippen LogP contribution in [-0.2, 0) is 18.4 Å². The van der Waals surface area contributed by atoms with Gasteiger partial charge in [0, 0.05) is 26.8 Å². The zero-order valence-electron chi connectivity index (χ0n) is 15.1. The van der Waals surface area contributed by atoms with Crippen molar-refractivity contribution in [2.45, 2.75) is 20.4 Å². The highest BCUT2D eigenvalue weighted by Gasteiger charge is 2.18. The quantitative estimate of drug-likeness (QED) is 0.838. The van der Waals surface area contributed by atoms with E-state index in [0.717, 1.165) is 20.3 Å². The molecule has 0 fully saturated rings. The molecule has 0 saturated heterocycles. The minimum absolute atomic E-state index is 0.0611. The van der Waals surface area contributed by atoms with Gasteiger partial charge in [-0.25, -0.2) is 9.36 Å². The molecule has 0 aliphatic rings. The number of hydrogen-bond donors (Lipinski definition) is 2. The Hall–Kier alpha value is -3.03. The van der Waals surface area contributed by atoms with Crippen LogP contribution in [-0.4, -0.2) is 29.1 Å². The molecule has 1 aromatic heterocycles. The summed E-state index contributed by atoms with van der Waals surface area (Å²) in [6, 6.07) is 5.60. The van der Waals surface area contributed by atoms with Crippen molar-refractivity contribution in [2.24, 2.45) is 7.05 Å². The van der Waals surface area contributed by atoms with E-state index in [1.54, 1.807) is 20.2 Å². The van der Waals surface area contributed by atoms with Gasteiger partial charge in [0.25, 0.3) is 5.56 Å². The van der Waals surface area contributed by atoms with E-state index in [-0.39, 0.29) is 18.1 Å². The summed E-state index contributed by atoms with van der Waals surface area (Å²) in [5.74, 6) is -0.397. The van der Waals surface area contributed by atoms with Crippen LogP contribution in [0.15, 0.2) is 27.8 Å². The Morgan fingerprint density at radius 2 is 1.88 bits per heavy atom. The lowest BCUT2D eigenvalue weighted by atomic mass is 10.1. The molecule has 0 unspecified atom stereocenters. The average Bonchev–Trinajstić information content (AvgIpc) is 2.52. The summed E-state index contributed by atoms with van der Waals surface area (Å²) in [7, 11) is 4.76. The van der Waals surface area contributed by atoms with Gasteiger partial charge < -0.3 is 16.0 Å². The molecule has 2 rings (SSSR count). The van der Waals surface area contributed by atoms with Crippen LogP contribution in [0.4, 0.5) is 17.2 Å². The van der Waals surface area contributed by atoms with Crippen molar-refractivity contribution in [1.82, 2.24) is 9.13 Å². The standard InChI is InChI=1S/C17H23N5O3/c1-10-6-7-12(11(2)8-10)19-13(23)9-22-16(24)14(20(3)4)15(18)21(5)17(22)25/h6-8H,9,18H2,1-5H3,(H,19,23). The normalized spacial score (nSPS) is 10.6. The number of nitrogen functional groups attached to an aromatic ring is 1. The predicted octanol–water partition coefficient (Wildman–Crippen LogP) is 0.451. The van der Waals surface area contributed by atoms with Crippen molar-refractivity contribution in [2.75, 3.05) is 30.0 Å². The average molecular weight is 345 g/mol. The second-order valence-electron chi connectivity index (χ2n) is 6.23.